The second-order valence-electron chi connectivity index (χ2n) is 7.11. The number of aliphatic carboxylic acids is 3. The van der Waals surface area contributed by atoms with Gasteiger partial charge in [-0.1, -0.05) is 41.5 Å². The highest BCUT2D eigenvalue weighted by atomic mass is 16.5. The Morgan fingerprint density at radius 1 is 0.621 bits per heavy atom. The lowest BCUT2D eigenvalue weighted by atomic mass is 10.1. The van der Waals surface area contributed by atoms with Crippen LogP contribution in [0.4, 0.5) is 0 Å². The average molecular weight is 426 g/mol. The van der Waals surface area contributed by atoms with Crippen LogP contribution in [0, 0.1) is 17.8 Å². The normalized spacial score (nSPS) is 13.0. The van der Waals surface area contributed by atoms with Gasteiger partial charge >= 0.3 is 17.9 Å². The van der Waals surface area contributed by atoms with Gasteiger partial charge in [0.05, 0.1) is 0 Å². The summed E-state index contributed by atoms with van der Waals surface area (Å²) in [7, 11) is 0. The van der Waals surface area contributed by atoms with Crippen LogP contribution in [-0.4, -0.2) is 64.6 Å². The van der Waals surface area contributed by atoms with Crippen LogP contribution in [0.15, 0.2) is 0 Å². The minimum atomic E-state index is -0.931. The topological polar surface area (TPSA) is 199 Å². The number of ether oxygens (including phenoxy) is 1. The molecule has 0 heterocycles. The molecule has 9 N–H and O–H groups in total. The van der Waals surface area contributed by atoms with Gasteiger partial charge < -0.3 is 37.3 Å². The van der Waals surface area contributed by atoms with Crippen LogP contribution in [0.25, 0.3) is 0 Å². The number of carboxylic acid groups (broad SMARTS) is 3. The van der Waals surface area contributed by atoms with Crippen molar-refractivity contribution in [1.29, 1.82) is 0 Å². The SMILES string of the molecule is CC(C)[C@H](N)C(=O)O.CC(C)[C@H](N)C(=O)O.CC(C)[C@H](N)C(=O)O.CCOCC. The molecule has 0 amide bonds. The van der Waals surface area contributed by atoms with E-state index in [1.54, 1.807) is 41.5 Å². The first-order chi connectivity index (χ1) is 13.1. The van der Waals surface area contributed by atoms with E-state index in [0.717, 1.165) is 13.2 Å². The van der Waals surface area contributed by atoms with Crippen LogP contribution in [0.5, 0.6) is 0 Å². The Labute approximate surface area is 174 Å². The number of nitrogens with two attached hydrogens (primary N) is 3. The van der Waals surface area contributed by atoms with Crippen LogP contribution in [0.1, 0.15) is 55.4 Å². The minimum absolute atomic E-state index is 0.0208. The second kappa shape index (κ2) is 21.0. The molecule has 0 aromatic heterocycles. The van der Waals surface area contributed by atoms with Crippen LogP contribution in [0.2, 0.25) is 0 Å². The van der Waals surface area contributed by atoms with E-state index in [9.17, 15) is 14.4 Å². The highest BCUT2D eigenvalue weighted by Crippen LogP contribution is 1.97. The van der Waals surface area contributed by atoms with Gasteiger partial charge in [0, 0.05) is 13.2 Å². The summed E-state index contributed by atoms with van der Waals surface area (Å²) in [4.78, 5) is 30.0. The summed E-state index contributed by atoms with van der Waals surface area (Å²) in [6.45, 7) is 16.3. The molecule has 0 aliphatic carbocycles. The van der Waals surface area contributed by atoms with E-state index >= 15 is 0 Å². The summed E-state index contributed by atoms with van der Waals surface area (Å²) in [5.41, 5.74) is 15.5. The molecule has 0 aromatic carbocycles. The van der Waals surface area contributed by atoms with E-state index in [1.807, 2.05) is 13.8 Å². The van der Waals surface area contributed by atoms with Crippen molar-refractivity contribution in [3.63, 3.8) is 0 Å². The van der Waals surface area contributed by atoms with Crippen molar-refractivity contribution in [2.24, 2.45) is 35.0 Å². The molecule has 0 bridgehead atoms. The predicted octanol–water partition coefficient (Wildman–Crippen LogP) is 1.21. The average Bonchev–Trinajstić information content (AvgIpc) is 2.61. The van der Waals surface area contributed by atoms with Crippen molar-refractivity contribution in [3.05, 3.63) is 0 Å². The summed E-state index contributed by atoms with van der Waals surface area (Å²) < 4.78 is 4.83. The van der Waals surface area contributed by atoms with Crippen LogP contribution < -0.4 is 17.2 Å². The van der Waals surface area contributed by atoms with Crippen LogP contribution >= 0.6 is 0 Å². The number of rotatable bonds is 8. The Morgan fingerprint density at radius 2 is 0.793 bits per heavy atom. The lowest BCUT2D eigenvalue weighted by Crippen LogP contribution is -2.34. The van der Waals surface area contributed by atoms with E-state index in [0.29, 0.717) is 0 Å². The third-order valence-electron chi connectivity index (χ3n) is 3.42. The Balaban J connectivity index is -0.000000146. The largest absolute Gasteiger partial charge is 0.480 e. The summed E-state index contributed by atoms with van der Waals surface area (Å²) in [6.07, 6.45) is 0. The van der Waals surface area contributed by atoms with Crippen molar-refractivity contribution in [3.8, 4) is 0 Å². The minimum Gasteiger partial charge on any atom is -0.480 e. The fraction of sp³-hybridized carbons (Fsp3) is 0.842. The molecule has 0 fully saturated rings. The van der Waals surface area contributed by atoms with E-state index in [-0.39, 0.29) is 17.8 Å². The zero-order chi connectivity index (χ0) is 24.3. The van der Waals surface area contributed by atoms with Gasteiger partial charge in [0.2, 0.25) is 0 Å². The molecule has 0 rings (SSSR count). The van der Waals surface area contributed by atoms with E-state index in [2.05, 4.69) is 0 Å². The Morgan fingerprint density at radius 3 is 0.793 bits per heavy atom. The maximum absolute atomic E-state index is 10.0. The molecule has 0 spiro atoms. The van der Waals surface area contributed by atoms with Crippen LogP contribution in [-0.2, 0) is 19.1 Å². The Kier molecular flexibility index (Phi) is 25.1. The van der Waals surface area contributed by atoms with Gasteiger partial charge in [-0.05, 0) is 31.6 Å². The lowest BCUT2D eigenvalue weighted by molar-refractivity contribution is -0.140. The molecular formula is C19H43N3O7. The lowest BCUT2D eigenvalue weighted by Gasteiger charge is -2.07. The fourth-order valence-corrected chi connectivity index (χ4v) is 1.06. The van der Waals surface area contributed by atoms with Gasteiger partial charge in [-0.25, -0.2) is 0 Å². The molecule has 3 atom stereocenters. The Bertz CT molecular complexity index is 371. The first-order valence-corrected chi connectivity index (χ1v) is 9.60. The molecule has 29 heavy (non-hydrogen) atoms. The molecule has 176 valence electrons. The third kappa shape index (κ3) is 26.2. The Hall–Kier alpha value is -1.75. The molecule has 0 saturated carbocycles. The molecule has 0 aliphatic heterocycles. The zero-order valence-corrected chi connectivity index (χ0v) is 19.1. The maximum atomic E-state index is 10.0. The number of hydrogen-bond acceptors (Lipinski definition) is 7. The van der Waals surface area contributed by atoms with E-state index in [4.69, 9.17) is 37.3 Å². The van der Waals surface area contributed by atoms with Crippen molar-refractivity contribution in [2.45, 2.75) is 73.5 Å². The summed E-state index contributed by atoms with van der Waals surface area (Å²) in [5, 5.41) is 24.7. The van der Waals surface area contributed by atoms with E-state index in [1.165, 1.54) is 0 Å². The summed E-state index contributed by atoms with van der Waals surface area (Å²) in [5.74, 6) is -2.73. The highest BCUT2D eigenvalue weighted by molar-refractivity contribution is 5.74. The van der Waals surface area contributed by atoms with Gasteiger partial charge in [-0.2, -0.15) is 0 Å². The van der Waals surface area contributed by atoms with Crippen LogP contribution in [0.3, 0.4) is 0 Å². The van der Waals surface area contributed by atoms with Gasteiger partial charge in [-0.15, -0.1) is 0 Å². The first kappa shape index (κ1) is 34.7. The summed E-state index contributed by atoms with van der Waals surface area (Å²) in [6, 6.07) is -2.14. The predicted molar refractivity (Wildman–Crippen MR) is 114 cm³/mol. The molecule has 0 aliphatic rings. The molecule has 10 heteroatoms. The number of hydrogen-bond donors (Lipinski definition) is 6. The fourth-order valence-electron chi connectivity index (χ4n) is 1.06. The molecule has 0 aromatic rings. The maximum Gasteiger partial charge on any atom is 0.320 e. The molecule has 0 radical (unpaired) electrons. The van der Waals surface area contributed by atoms with Gasteiger partial charge in [0.1, 0.15) is 18.1 Å². The van der Waals surface area contributed by atoms with E-state index < -0.39 is 36.0 Å². The van der Waals surface area contributed by atoms with Crippen molar-refractivity contribution >= 4 is 17.9 Å². The third-order valence-corrected chi connectivity index (χ3v) is 3.42. The van der Waals surface area contributed by atoms with Gasteiger partial charge in [-0.3, -0.25) is 14.4 Å². The quantitative estimate of drug-likeness (QED) is 0.328. The van der Waals surface area contributed by atoms with Gasteiger partial charge in [0.15, 0.2) is 0 Å². The molecule has 0 saturated heterocycles. The highest BCUT2D eigenvalue weighted by Gasteiger charge is 2.15. The molecule has 10 nitrogen and oxygen atoms in total. The number of carbonyl (C=O) groups is 3. The monoisotopic (exact) mass is 425 g/mol. The molecular weight excluding hydrogens is 382 g/mol. The van der Waals surface area contributed by atoms with Crippen molar-refractivity contribution in [2.75, 3.05) is 13.2 Å². The zero-order valence-electron chi connectivity index (χ0n) is 19.1. The van der Waals surface area contributed by atoms with Crippen molar-refractivity contribution < 1.29 is 34.4 Å². The smallest absolute Gasteiger partial charge is 0.320 e. The van der Waals surface area contributed by atoms with Gasteiger partial charge in [0.25, 0.3) is 0 Å². The molecule has 0 unspecified atom stereocenters. The standard InChI is InChI=1S/3C5H11NO2.C4H10O/c3*1-3(2)4(6)5(7)8;1-3-5-4-2/h3*3-4H,6H2,1-2H3,(H,7,8);3-4H2,1-2H3/t3*4-;/m000./s1. The first-order valence-electron chi connectivity index (χ1n) is 9.60. The second-order valence-corrected chi connectivity index (χ2v) is 7.11. The van der Waals surface area contributed by atoms with Crippen molar-refractivity contribution in [1.82, 2.24) is 0 Å². The summed E-state index contributed by atoms with van der Waals surface area (Å²) >= 11 is 0. The number of carboxylic acids is 3.